The van der Waals surface area contributed by atoms with Crippen LogP contribution < -0.4 is 5.32 Å². The Morgan fingerprint density at radius 2 is 1.94 bits per heavy atom. The molecule has 1 aromatic heterocycles. The summed E-state index contributed by atoms with van der Waals surface area (Å²) >= 11 is 0. The van der Waals surface area contributed by atoms with Crippen LogP contribution in [0.1, 0.15) is 0 Å². The minimum atomic E-state index is -0.268. The van der Waals surface area contributed by atoms with E-state index in [2.05, 4.69) is 16.4 Å². The third-order valence-electron chi connectivity index (χ3n) is 2.64. The lowest BCUT2D eigenvalue weighted by atomic mass is 10.1. The average Bonchev–Trinajstić information content (AvgIpc) is 2.40. The van der Waals surface area contributed by atoms with Crippen LogP contribution in [0.4, 0.5) is 5.82 Å². The van der Waals surface area contributed by atoms with Crippen LogP contribution in [0.5, 0.6) is 0 Å². The molecule has 4 heteroatoms. The SMILES string of the molecule is COC(CNc1nccc2ccccc12)OC. The summed E-state index contributed by atoms with van der Waals surface area (Å²) in [6.45, 7) is 0.563. The summed E-state index contributed by atoms with van der Waals surface area (Å²) in [4.78, 5) is 4.33. The number of methoxy groups -OCH3 is 2. The number of hydrogen-bond acceptors (Lipinski definition) is 4. The first kappa shape index (κ1) is 11.8. The maximum absolute atomic E-state index is 5.12. The molecule has 0 amide bonds. The molecule has 0 radical (unpaired) electrons. The minimum Gasteiger partial charge on any atom is -0.364 e. The molecule has 17 heavy (non-hydrogen) atoms. The highest BCUT2D eigenvalue weighted by atomic mass is 16.7. The summed E-state index contributed by atoms with van der Waals surface area (Å²) in [6, 6.07) is 10.1. The summed E-state index contributed by atoms with van der Waals surface area (Å²) in [5.74, 6) is 0.849. The molecule has 1 heterocycles. The van der Waals surface area contributed by atoms with E-state index in [1.807, 2.05) is 24.3 Å². The van der Waals surface area contributed by atoms with Gasteiger partial charge < -0.3 is 14.8 Å². The van der Waals surface area contributed by atoms with Gasteiger partial charge >= 0.3 is 0 Å². The Morgan fingerprint density at radius 3 is 2.71 bits per heavy atom. The van der Waals surface area contributed by atoms with Crippen molar-refractivity contribution >= 4 is 16.6 Å². The van der Waals surface area contributed by atoms with Gasteiger partial charge in [0.1, 0.15) is 5.82 Å². The minimum absolute atomic E-state index is 0.268. The Hall–Kier alpha value is -1.65. The van der Waals surface area contributed by atoms with E-state index in [1.165, 1.54) is 0 Å². The molecule has 2 rings (SSSR count). The van der Waals surface area contributed by atoms with E-state index in [0.717, 1.165) is 16.6 Å². The Balaban J connectivity index is 2.18. The summed E-state index contributed by atoms with van der Waals surface area (Å²) < 4.78 is 10.2. The van der Waals surface area contributed by atoms with Gasteiger partial charge in [-0.3, -0.25) is 0 Å². The number of rotatable bonds is 5. The monoisotopic (exact) mass is 232 g/mol. The molecule has 1 N–H and O–H groups in total. The van der Waals surface area contributed by atoms with Gasteiger partial charge in [-0.05, 0) is 11.5 Å². The molecular weight excluding hydrogens is 216 g/mol. The van der Waals surface area contributed by atoms with Crippen molar-refractivity contribution in [3.8, 4) is 0 Å². The van der Waals surface area contributed by atoms with Crippen molar-refractivity contribution in [1.29, 1.82) is 0 Å². The zero-order valence-electron chi connectivity index (χ0n) is 10.0. The number of pyridine rings is 1. The van der Waals surface area contributed by atoms with Crippen molar-refractivity contribution in [3.05, 3.63) is 36.5 Å². The molecule has 0 aliphatic rings. The molecule has 0 aliphatic heterocycles. The van der Waals surface area contributed by atoms with Crippen molar-refractivity contribution in [1.82, 2.24) is 4.98 Å². The van der Waals surface area contributed by atoms with Gasteiger partial charge in [0, 0.05) is 25.8 Å². The third kappa shape index (κ3) is 2.72. The lowest BCUT2D eigenvalue weighted by molar-refractivity contribution is -0.0914. The van der Waals surface area contributed by atoms with E-state index in [1.54, 1.807) is 20.4 Å². The van der Waals surface area contributed by atoms with Gasteiger partial charge in [0.2, 0.25) is 0 Å². The standard InChI is InChI=1S/C13H16N2O2/c1-16-12(17-2)9-15-13-11-6-4-3-5-10(11)7-8-14-13/h3-8,12H,9H2,1-2H3,(H,14,15). The maximum Gasteiger partial charge on any atom is 0.173 e. The van der Waals surface area contributed by atoms with Gasteiger partial charge in [-0.15, -0.1) is 0 Å². The molecule has 0 spiro atoms. The van der Waals surface area contributed by atoms with Gasteiger partial charge in [-0.2, -0.15) is 0 Å². The van der Waals surface area contributed by atoms with Crippen molar-refractivity contribution < 1.29 is 9.47 Å². The molecule has 4 nitrogen and oxygen atoms in total. The fourth-order valence-electron chi connectivity index (χ4n) is 1.70. The normalized spacial score (nSPS) is 11.0. The summed E-state index contributed by atoms with van der Waals surface area (Å²) in [6.07, 6.45) is 1.52. The topological polar surface area (TPSA) is 43.4 Å². The molecule has 0 atom stereocenters. The Morgan fingerprint density at radius 1 is 1.18 bits per heavy atom. The number of nitrogens with one attached hydrogen (secondary N) is 1. The Kier molecular flexibility index (Phi) is 3.90. The highest BCUT2D eigenvalue weighted by molar-refractivity contribution is 5.91. The Bertz CT molecular complexity index is 478. The molecule has 90 valence electrons. The van der Waals surface area contributed by atoms with Gasteiger partial charge in [0.05, 0.1) is 6.54 Å². The highest BCUT2D eigenvalue weighted by Gasteiger charge is 2.06. The van der Waals surface area contributed by atoms with Crippen molar-refractivity contribution in [3.63, 3.8) is 0 Å². The number of aromatic nitrogens is 1. The van der Waals surface area contributed by atoms with E-state index in [-0.39, 0.29) is 6.29 Å². The second-order valence-corrected chi connectivity index (χ2v) is 3.66. The van der Waals surface area contributed by atoms with Crippen LogP contribution in [-0.4, -0.2) is 32.0 Å². The third-order valence-corrected chi connectivity index (χ3v) is 2.64. The van der Waals surface area contributed by atoms with E-state index in [4.69, 9.17) is 9.47 Å². The van der Waals surface area contributed by atoms with Crippen molar-refractivity contribution in [2.45, 2.75) is 6.29 Å². The fraction of sp³-hybridized carbons (Fsp3) is 0.308. The fourth-order valence-corrected chi connectivity index (χ4v) is 1.70. The first-order valence-corrected chi connectivity index (χ1v) is 5.48. The quantitative estimate of drug-likeness (QED) is 0.803. The number of ether oxygens (including phenoxy) is 2. The molecule has 0 saturated heterocycles. The highest BCUT2D eigenvalue weighted by Crippen LogP contribution is 2.20. The zero-order chi connectivity index (χ0) is 12.1. The molecule has 0 fully saturated rings. The van der Waals surface area contributed by atoms with Crippen LogP contribution in [0.15, 0.2) is 36.5 Å². The molecule has 0 aliphatic carbocycles. The first-order valence-electron chi connectivity index (χ1n) is 5.48. The predicted molar refractivity (Wildman–Crippen MR) is 68.0 cm³/mol. The molecule has 0 saturated carbocycles. The molecule has 2 aromatic rings. The number of nitrogens with zero attached hydrogens (tertiary/aromatic N) is 1. The van der Waals surface area contributed by atoms with Crippen LogP contribution in [0.25, 0.3) is 10.8 Å². The maximum atomic E-state index is 5.12. The Labute approximate surface area is 101 Å². The summed E-state index contributed by atoms with van der Waals surface area (Å²) in [7, 11) is 3.23. The first-order chi connectivity index (χ1) is 8.35. The molecular formula is C13H16N2O2. The van der Waals surface area contributed by atoms with Crippen LogP contribution in [0, 0.1) is 0 Å². The van der Waals surface area contributed by atoms with E-state index in [0.29, 0.717) is 6.54 Å². The second kappa shape index (κ2) is 5.61. The number of benzene rings is 1. The largest absolute Gasteiger partial charge is 0.364 e. The number of hydrogen-bond donors (Lipinski definition) is 1. The lowest BCUT2D eigenvalue weighted by Gasteiger charge is -2.15. The van der Waals surface area contributed by atoms with Gasteiger partial charge in [-0.25, -0.2) is 4.98 Å². The number of fused-ring (bicyclic) bond motifs is 1. The summed E-state index contributed by atoms with van der Waals surface area (Å²) in [5.41, 5.74) is 0. The van der Waals surface area contributed by atoms with Crippen LogP contribution in [-0.2, 0) is 9.47 Å². The van der Waals surface area contributed by atoms with Crippen molar-refractivity contribution in [2.75, 3.05) is 26.1 Å². The lowest BCUT2D eigenvalue weighted by Crippen LogP contribution is -2.24. The molecule has 1 aromatic carbocycles. The van der Waals surface area contributed by atoms with Gasteiger partial charge in [0.15, 0.2) is 6.29 Å². The smallest absolute Gasteiger partial charge is 0.173 e. The van der Waals surface area contributed by atoms with E-state index < -0.39 is 0 Å². The van der Waals surface area contributed by atoms with Crippen LogP contribution >= 0.6 is 0 Å². The van der Waals surface area contributed by atoms with Gasteiger partial charge in [0.25, 0.3) is 0 Å². The van der Waals surface area contributed by atoms with Crippen LogP contribution in [0.2, 0.25) is 0 Å². The summed E-state index contributed by atoms with van der Waals surface area (Å²) in [5, 5.41) is 5.49. The van der Waals surface area contributed by atoms with E-state index in [9.17, 15) is 0 Å². The van der Waals surface area contributed by atoms with Crippen molar-refractivity contribution in [2.24, 2.45) is 0 Å². The number of anilines is 1. The van der Waals surface area contributed by atoms with Crippen LogP contribution in [0.3, 0.4) is 0 Å². The zero-order valence-corrected chi connectivity index (χ0v) is 10.0. The van der Waals surface area contributed by atoms with E-state index >= 15 is 0 Å². The average molecular weight is 232 g/mol. The molecule has 0 bridgehead atoms. The predicted octanol–water partition coefficient (Wildman–Crippen LogP) is 2.27. The second-order valence-electron chi connectivity index (χ2n) is 3.66. The van der Waals surface area contributed by atoms with Gasteiger partial charge in [-0.1, -0.05) is 24.3 Å². The molecule has 0 unspecified atom stereocenters.